The van der Waals surface area contributed by atoms with Gasteiger partial charge in [-0.1, -0.05) is 17.7 Å². The van der Waals surface area contributed by atoms with Crippen LogP contribution in [-0.2, 0) is 4.74 Å². The zero-order valence-electron chi connectivity index (χ0n) is 16.9. The van der Waals surface area contributed by atoms with E-state index in [1.807, 2.05) is 29.2 Å². The van der Waals surface area contributed by atoms with Crippen molar-refractivity contribution in [3.63, 3.8) is 0 Å². The first kappa shape index (κ1) is 19.7. The highest BCUT2D eigenvalue weighted by molar-refractivity contribution is 6.30. The lowest BCUT2D eigenvalue weighted by Gasteiger charge is -2.57. The number of nitrogens with zero attached hydrogens (tertiary/aromatic N) is 2. The summed E-state index contributed by atoms with van der Waals surface area (Å²) in [6.45, 7) is 5.34. The molecule has 2 N–H and O–H groups in total. The van der Waals surface area contributed by atoms with Gasteiger partial charge in [0.25, 0.3) is 0 Å². The van der Waals surface area contributed by atoms with Crippen LogP contribution >= 0.6 is 11.6 Å². The number of rotatable bonds is 4. The Labute approximate surface area is 182 Å². The average Bonchev–Trinajstić information content (AvgIpc) is 2.71. The van der Waals surface area contributed by atoms with Crippen LogP contribution in [0.4, 0.5) is 21.9 Å². The van der Waals surface area contributed by atoms with Gasteiger partial charge in [-0.15, -0.1) is 0 Å². The number of ether oxygens (including phenoxy) is 1. The van der Waals surface area contributed by atoms with Crippen LogP contribution < -0.4 is 20.4 Å². The maximum atomic E-state index is 13.4. The lowest BCUT2D eigenvalue weighted by molar-refractivity contribution is 0.0386. The fourth-order valence-corrected chi connectivity index (χ4v) is 4.89. The highest BCUT2D eigenvalue weighted by Crippen LogP contribution is 2.47. The molecule has 7 heteroatoms. The van der Waals surface area contributed by atoms with Gasteiger partial charge in [-0.2, -0.15) is 0 Å². The van der Waals surface area contributed by atoms with Gasteiger partial charge >= 0.3 is 6.03 Å². The molecule has 2 heterocycles. The molecule has 2 aromatic rings. The quantitative estimate of drug-likeness (QED) is 0.776. The fourth-order valence-electron chi connectivity index (χ4n) is 4.76. The molecule has 0 atom stereocenters. The van der Waals surface area contributed by atoms with Crippen LogP contribution in [0.5, 0.6) is 0 Å². The predicted molar refractivity (Wildman–Crippen MR) is 121 cm³/mol. The SMILES string of the molecule is O=C(Nc1ccc(Cl)cc1)N(c1cccc(N2CCOCC2)c1)C1CC2(CNC2)C1. The maximum Gasteiger partial charge on any atom is 0.326 e. The number of hydrogen-bond donors (Lipinski definition) is 2. The standard InChI is InChI=1S/C23H27ClN4O2/c24-17-4-6-18(7-5-17)26-22(29)28(21-13-23(14-21)15-25-16-23)20-3-1-2-19(12-20)27-8-10-30-11-9-27/h1-7,12,21,25H,8-11,13-16H2,(H,26,29). The number of carbonyl (C=O) groups excluding carboxylic acids is 1. The van der Waals surface area contributed by atoms with Crippen LogP contribution in [0, 0.1) is 5.41 Å². The van der Waals surface area contributed by atoms with Crippen LogP contribution in [0.25, 0.3) is 0 Å². The minimum Gasteiger partial charge on any atom is -0.378 e. The number of benzene rings is 2. The molecule has 3 aliphatic rings. The third kappa shape index (κ3) is 3.87. The molecule has 158 valence electrons. The summed E-state index contributed by atoms with van der Waals surface area (Å²) in [7, 11) is 0. The van der Waals surface area contributed by atoms with Gasteiger partial charge in [0, 0.05) is 54.3 Å². The van der Waals surface area contributed by atoms with E-state index in [-0.39, 0.29) is 12.1 Å². The van der Waals surface area contributed by atoms with E-state index in [9.17, 15) is 4.79 Å². The molecule has 2 saturated heterocycles. The van der Waals surface area contributed by atoms with Crippen molar-refractivity contribution in [3.05, 3.63) is 53.6 Å². The fraction of sp³-hybridized carbons (Fsp3) is 0.435. The first-order chi connectivity index (χ1) is 14.6. The molecular weight excluding hydrogens is 400 g/mol. The lowest BCUT2D eigenvalue weighted by atomic mass is 9.61. The Kier molecular flexibility index (Phi) is 5.31. The van der Waals surface area contributed by atoms with E-state index in [0.29, 0.717) is 10.4 Å². The number of hydrogen-bond acceptors (Lipinski definition) is 4. The van der Waals surface area contributed by atoms with Crippen molar-refractivity contribution in [1.29, 1.82) is 0 Å². The normalized spacial score (nSPS) is 20.4. The van der Waals surface area contributed by atoms with E-state index in [2.05, 4.69) is 27.7 Å². The van der Waals surface area contributed by atoms with Gasteiger partial charge in [-0.3, -0.25) is 4.90 Å². The average molecular weight is 427 g/mol. The zero-order valence-corrected chi connectivity index (χ0v) is 17.7. The van der Waals surface area contributed by atoms with Crippen molar-refractivity contribution in [2.75, 3.05) is 54.5 Å². The summed E-state index contributed by atoms with van der Waals surface area (Å²) in [5.41, 5.74) is 3.21. The Bertz CT molecular complexity index is 902. The molecule has 6 nitrogen and oxygen atoms in total. The molecule has 0 radical (unpaired) electrons. The zero-order chi connectivity index (χ0) is 20.6. The number of halogens is 1. The van der Waals surface area contributed by atoms with Gasteiger partial charge in [-0.05, 0) is 60.7 Å². The molecule has 1 aliphatic carbocycles. The van der Waals surface area contributed by atoms with Gasteiger partial charge < -0.3 is 20.3 Å². The topological polar surface area (TPSA) is 56.8 Å². The van der Waals surface area contributed by atoms with Crippen molar-refractivity contribution in [2.45, 2.75) is 18.9 Å². The van der Waals surface area contributed by atoms with E-state index >= 15 is 0 Å². The van der Waals surface area contributed by atoms with Crippen molar-refractivity contribution in [1.82, 2.24) is 5.32 Å². The Hall–Kier alpha value is -2.28. The van der Waals surface area contributed by atoms with Crippen LogP contribution in [0.15, 0.2) is 48.5 Å². The number of anilines is 3. The van der Waals surface area contributed by atoms with Crippen molar-refractivity contribution >= 4 is 34.7 Å². The lowest BCUT2D eigenvalue weighted by Crippen LogP contribution is -2.66. The van der Waals surface area contributed by atoms with Gasteiger partial charge in [0.2, 0.25) is 0 Å². The summed E-state index contributed by atoms with van der Waals surface area (Å²) < 4.78 is 5.49. The molecule has 0 bridgehead atoms. The van der Waals surface area contributed by atoms with Crippen molar-refractivity contribution in [3.8, 4) is 0 Å². The van der Waals surface area contributed by atoms with E-state index in [1.54, 1.807) is 12.1 Å². The summed E-state index contributed by atoms with van der Waals surface area (Å²) in [6, 6.07) is 15.7. The molecule has 2 aromatic carbocycles. The van der Waals surface area contributed by atoms with E-state index in [4.69, 9.17) is 16.3 Å². The van der Waals surface area contributed by atoms with Crippen molar-refractivity contribution < 1.29 is 9.53 Å². The summed E-state index contributed by atoms with van der Waals surface area (Å²) in [6.07, 6.45) is 2.08. The first-order valence-electron chi connectivity index (χ1n) is 10.6. The van der Waals surface area contributed by atoms with Crippen LogP contribution in [0.1, 0.15) is 12.8 Å². The highest BCUT2D eigenvalue weighted by atomic mass is 35.5. The molecule has 0 aromatic heterocycles. The van der Waals surface area contributed by atoms with E-state index in [0.717, 1.165) is 69.3 Å². The van der Waals surface area contributed by atoms with Crippen molar-refractivity contribution in [2.24, 2.45) is 5.41 Å². The summed E-state index contributed by atoms with van der Waals surface area (Å²) in [5, 5.41) is 7.09. The van der Waals surface area contributed by atoms with Gasteiger partial charge in [0.05, 0.1) is 13.2 Å². The number of morpholine rings is 1. The Morgan fingerprint density at radius 1 is 1.13 bits per heavy atom. The molecule has 0 unspecified atom stereocenters. The van der Waals surface area contributed by atoms with E-state index < -0.39 is 0 Å². The monoisotopic (exact) mass is 426 g/mol. The second-order valence-corrected chi connectivity index (χ2v) is 9.03. The molecule has 2 amide bonds. The molecule has 3 fully saturated rings. The number of nitrogens with one attached hydrogen (secondary N) is 2. The summed E-state index contributed by atoms with van der Waals surface area (Å²) in [4.78, 5) is 17.6. The van der Waals surface area contributed by atoms with Crippen LogP contribution in [0.3, 0.4) is 0 Å². The largest absolute Gasteiger partial charge is 0.378 e. The third-order valence-electron chi connectivity index (χ3n) is 6.50. The molecular formula is C23H27ClN4O2. The molecule has 1 saturated carbocycles. The van der Waals surface area contributed by atoms with Crippen LogP contribution in [0.2, 0.25) is 5.02 Å². The van der Waals surface area contributed by atoms with Gasteiger partial charge in [0.1, 0.15) is 0 Å². The first-order valence-corrected chi connectivity index (χ1v) is 11.0. The summed E-state index contributed by atoms with van der Waals surface area (Å²) >= 11 is 5.99. The number of amides is 2. The molecule has 5 rings (SSSR count). The second kappa shape index (κ2) is 8.10. The number of carbonyl (C=O) groups is 1. The van der Waals surface area contributed by atoms with Crippen LogP contribution in [-0.4, -0.2) is 51.5 Å². The summed E-state index contributed by atoms with van der Waals surface area (Å²) in [5.74, 6) is 0. The molecule has 30 heavy (non-hydrogen) atoms. The Morgan fingerprint density at radius 2 is 1.87 bits per heavy atom. The maximum absolute atomic E-state index is 13.4. The minimum atomic E-state index is -0.0939. The smallest absolute Gasteiger partial charge is 0.326 e. The highest BCUT2D eigenvalue weighted by Gasteiger charge is 2.51. The molecule has 2 aliphatic heterocycles. The second-order valence-electron chi connectivity index (χ2n) is 8.59. The molecule has 1 spiro atoms. The predicted octanol–water partition coefficient (Wildman–Crippen LogP) is 3.97. The van der Waals surface area contributed by atoms with E-state index in [1.165, 1.54) is 0 Å². The number of urea groups is 1. The van der Waals surface area contributed by atoms with Gasteiger partial charge in [-0.25, -0.2) is 4.79 Å². The van der Waals surface area contributed by atoms with Gasteiger partial charge in [0.15, 0.2) is 0 Å². The Balaban J connectivity index is 1.39. The third-order valence-corrected chi connectivity index (χ3v) is 6.75. The minimum absolute atomic E-state index is 0.0939. The Morgan fingerprint density at radius 3 is 2.53 bits per heavy atom.